The lowest BCUT2D eigenvalue weighted by molar-refractivity contribution is -0.118. The highest BCUT2D eigenvalue weighted by Gasteiger charge is 2.11. The van der Waals surface area contributed by atoms with Gasteiger partial charge in [-0.25, -0.2) is 0 Å². The van der Waals surface area contributed by atoms with Crippen LogP contribution in [0.2, 0.25) is 0 Å². The highest BCUT2D eigenvalue weighted by atomic mass is 16.3. The first-order valence-corrected chi connectivity index (χ1v) is 8.43. The molecule has 4 nitrogen and oxygen atoms in total. The zero-order valence-electron chi connectivity index (χ0n) is 13.7. The maximum absolute atomic E-state index is 11.6. The van der Waals surface area contributed by atoms with E-state index < -0.39 is 6.04 Å². The van der Waals surface area contributed by atoms with Crippen molar-refractivity contribution in [2.24, 2.45) is 5.73 Å². The molecule has 0 radical (unpaired) electrons. The average molecular weight is 306 g/mol. The van der Waals surface area contributed by atoms with E-state index in [-0.39, 0.29) is 12.5 Å². The number of nitrogens with two attached hydrogens (primary N) is 1. The van der Waals surface area contributed by atoms with E-state index in [0.29, 0.717) is 0 Å². The maximum Gasteiger partial charge on any atom is 0.243 e. The van der Waals surface area contributed by atoms with Crippen LogP contribution in [-0.2, 0) is 11.2 Å². The standard InChI is InChI=1S/C18H30N2O2/c1-2-3-4-5-6-7-8-10-15-11-9-12-16(13-15)20-18(22)17(19)14-21/h9,11-13,17,21H,2-8,10,14,19H2,1H3,(H,20,22)/t17-/m0/s1. The molecular formula is C18H30N2O2. The normalized spacial score (nSPS) is 12.1. The van der Waals surface area contributed by atoms with E-state index in [1.54, 1.807) is 0 Å². The summed E-state index contributed by atoms with van der Waals surface area (Å²) >= 11 is 0. The third-order valence-electron chi connectivity index (χ3n) is 3.80. The predicted octanol–water partition coefficient (Wildman–Crippen LogP) is 3.24. The summed E-state index contributed by atoms with van der Waals surface area (Å²) in [5, 5.41) is 11.6. The van der Waals surface area contributed by atoms with Crippen molar-refractivity contribution in [1.29, 1.82) is 0 Å². The molecule has 124 valence electrons. The lowest BCUT2D eigenvalue weighted by atomic mass is 10.0. The number of anilines is 1. The number of carbonyl (C=O) groups is 1. The van der Waals surface area contributed by atoms with Crippen LogP contribution >= 0.6 is 0 Å². The first-order chi connectivity index (χ1) is 10.7. The van der Waals surface area contributed by atoms with Crippen molar-refractivity contribution in [3.05, 3.63) is 29.8 Å². The highest BCUT2D eigenvalue weighted by Crippen LogP contribution is 2.15. The first kappa shape index (κ1) is 18.7. The quantitative estimate of drug-likeness (QED) is 0.549. The summed E-state index contributed by atoms with van der Waals surface area (Å²) < 4.78 is 0. The molecule has 1 amide bonds. The molecule has 0 unspecified atom stereocenters. The van der Waals surface area contributed by atoms with Gasteiger partial charge >= 0.3 is 0 Å². The zero-order chi connectivity index (χ0) is 16.2. The van der Waals surface area contributed by atoms with Crippen LogP contribution in [-0.4, -0.2) is 23.7 Å². The van der Waals surface area contributed by atoms with Crippen LogP contribution in [0.4, 0.5) is 5.69 Å². The van der Waals surface area contributed by atoms with Gasteiger partial charge in [0, 0.05) is 5.69 Å². The Bertz CT molecular complexity index is 435. The predicted molar refractivity (Wildman–Crippen MR) is 91.8 cm³/mol. The zero-order valence-corrected chi connectivity index (χ0v) is 13.7. The highest BCUT2D eigenvalue weighted by molar-refractivity contribution is 5.94. The van der Waals surface area contributed by atoms with Crippen molar-refractivity contribution in [3.8, 4) is 0 Å². The Morgan fingerprint density at radius 1 is 1.18 bits per heavy atom. The van der Waals surface area contributed by atoms with Crippen LogP contribution in [0.3, 0.4) is 0 Å². The van der Waals surface area contributed by atoms with Crippen LogP contribution in [0, 0.1) is 0 Å². The van der Waals surface area contributed by atoms with Crippen molar-refractivity contribution in [1.82, 2.24) is 0 Å². The molecule has 4 N–H and O–H groups in total. The minimum absolute atomic E-state index is 0.344. The fourth-order valence-corrected chi connectivity index (χ4v) is 2.41. The van der Waals surface area contributed by atoms with E-state index in [1.807, 2.05) is 18.2 Å². The fourth-order valence-electron chi connectivity index (χ4n) is 2.41. The van der Waals surface area contributed by atoms with Crippen LogP contribution in [0.5, 0.6) is 0 Å². The third kappa shape index (κ3) is 7.57. The molecule has 4 heteroatoms. The molecule has 0 aliphatic heterocycles. The van der Waals surface area contributed by atoms with Gasteiger partial charge in [0.15, 0.2) is 0 Å². The van der Waals surface area contributed by atoms with Gasteiger partial charge in [-0.2, -0.15) is 0 Å². The lowest BCUT2D eigenvalue weighted by Gasteiger charge is -2.10. The second-order valence-corrected chi connectivity index (χ2v) is 5.85. The minimum Gasteiger partial charge on any atom is -0.394 e. The summed E-state index contributed by atoms with van der Waals surface area (Å²) in [5.41, 5.74) is 7.46. The number of hydrogen-bond acceptors (Lipinski definition) is 3. The topological polar surface area (TPSA) is 75.4 Å². The van der Waals surface area contributed by atoms with Gasteiger partial charge in [-0.05, 0) is 30.5 Å². The summed E-state index contributed by atoms with van der Waals surface area (Å²) in [6, 6.07) is 6.98. The number of aliphatic hydroxyl groups is 1. The Morgan fingerprint density at radius 3 is 2.55 bits per heavy atom. The van der Waals surface area contributed by atoms with Crippen molar-refractivity contribution < 1.29 is 9.90 Å². The van der Waals surface area contributed by atoms with Gasteiger partial charge in [-0.3, -0.25) is 4.79 Å². The van der Waals surface area contributed by atoms with E-state index in [4.69, 9.17) is 10.8 Å². The molecule has 0 fully saturated rings. The van der Waals surface area contributed by atoms with E-state index in [1.165, 1.54) is 50.5 Å². The number of rotatable bonds is 11. The maximum atomic E-state index is 11.6. The smallest absolute Gasteiger partial charge is 0.243 e. The average Bonchev–Trinajstić information content (AvgIpc) is 2.53. The van der Waals surface area contributed by atoms with E-state index in [0.717, 1.165) is 12.1 Å². The monoisotopic (exact) mass is 306 g/mol. The van der Waals surface area contributed by atoms with Crippen LogP contribution < -0.4 is 11.1 Å². The summed E-state index contributed by atoms with van der Waals surface area (Å²) in [6.45, 7) is 1.89. The van der Waals surface area contributed by atoms with E-state index >= 15 is 0 Å². The van der Waals surface area contributed by atoms with Crippen LogP contribution in [0.15, 0.2) is 24.3 Å². The molecule has 0 bridgehead atoms. The third-order valence-corrected chi connectivity index (χ3v) is 3.80. The minimum atomic E-state index is -0.869. The summed E-state index contributed by atoms with van der Waals surface area (Å²) in [6.07, 6.45) is 10.1. The Balaban J connectivity index is 2.30. The largest absolute Gasteiger partial charge is 0.394 e. The summed E-state index contributed by atoms with van der Waals surface area (Å²) in [5.74, 6) is -0.351. The van der Waals surface area contributed by atoms with Crippen molar-refractivity contribution in [3.63, 3.8) is 0 Å². The lowest BCUT2D eigenvalue weighted by Crippen LogP contribution is -2.38. The molecule has 1 aromatic rings. The fraction of sp³-hybridized carbons (Fsp3) is 0.611. The molecular weight excluding hydrogens is 276 g/mol. The second kappa shape index (κ2) is 11.2. The number of amides is 1. The molecule has 0 spiro atoms. The van der Waals surface area contributed by atoms with Crippen LogP contribution in [0.25, 0.3) is 0 Å². The number of carbonyl (C=O) groups excluding carboxylic acids is 1. The van der Waals surface area contributed by atoms with Crippen molar-refractivity contribution in [2.75, 3.05) is 11.9 Å². The first-order valence-electron chi connectivity index (χ1n) is 8.43. The summed E-state index contributed by atoms with van der Waals surface area (Å²) in [4.78, 5) is 11.6. The number of nitrogens with one attached hydrogen (secondary N) is 1. The van der Waals surface area contributed by atoms with Gasteiger partial charge in [0.25, 0.3) is 0 Å². The molecule has 0 heterocycles. The van der Waals surface area contributed by atoms with E-state index in [9.17, 15) is 4.79 Å². The van der Waals surface area contributed by atoms with Crippen molar-refractivity contribution >= 4 is 11.6 Å². The molecule has 0 saturated heterocycles. The van der Waals surface area contributed by atoms with Crippen molar-refractivity contribution in [2.45, 2.75) is 64.3 Å². The molecule has 1 atom stereocenters. The van der Waals surface area contributed by atoms with Gasteiger partial charge in [-0.1, -0.05) is 57.6 Å². The summed E-state index contributed by atoms with van der Waals surface area (Å²) in [7, 11) is 0. The van der Waals surface area contributed by atoms with Gasteiger partial charge in [0.05, 0.1) is 6.61 Å². The van der Waals surface area contributed by atoms with Gasteiger partial charge in [0.1, 0.15) is 6.04 Å². The molecule has 0 aliphatic rings. The Labute approximate surface area is 134 Å². The Kier molecular flexibility index (Phi) is 9.51. The van der Waals surface area contributed by atoms with Gasteiger partial charge in [0.2, 0.25) is 5.91 Å². The number of aliphatic hydroxyl groups excluding tert-OH is 1. The Hall–Kier alpha value is -1.39. The molecule has 1 rings (SSSR count). The molecule has 0 aromatic heterocycles. The second-order valence-electron chi connectivity index (χ2n) is 5.85. The van der Waals surface area contributed by atoms with E-state index in [2.05, 4.69) is 18.3 Å². The SMILES string of the molecule is CCCCCCCCCc1cccc(NC(=O)[C@@H](N)CO)c1. The molecule has 1 aromatic carbocycles. The van der Waals surface area contributed by atoms with Crippen LogP contribution in [0.1, 0.15) is 57.4 Å². The number of aryl methyl sites for hydroxylation is 1. The van der Waals surface area contributed by atoms with Gasteiger partial charge < -0.3 is 16.2 Å². The van der Waals surface area contributed by atoms with Gasteiger partial charge in [-0.15, -0.1) is 0 Å². The molecule has 0 aliphatic carbocycles. The Morgan fingerprint density at radius 2 is 1.86 bits per heavy atom. The molecule has 0 saturated carbocycles. The number of unbranched alkanes of at least 4 members (excludes halogenated alkanes) is 6. The number of hydrogen-bond donors (Lipinski definition) is 3. The number of benzene rings is 1. The molecule has 22 heavy (non-hydrogen) atoms.